The van der Waals surface area contributed by atoms with Gasteiger partial charge in [-0.25, -0.2) is 0 Å². The number of aliphatic carboxylic acids is 1. The third-order valence-corrected chi connectivity index (χ3v) is 2.33. The molecular weight excluding hydrogens is 327 g/mol. The molecule has 0 saturated carbocycles. The minimum atomic E-state index is -0.759. The molecule has 0 unspecified atom stereocenters. The maximum Gasteiger partial charge on any atom is 0.313 e. The first-order valence-electron chi connectivity index (χ1n) is 3.35. The highest BCUT2D eigenvalue weighted by molar-refractivity contribution is 14.1. The van der Waals surface area contributed by atoms with Gasteiger partial charge in [0.15, 0.2) is 0 Å². The molecule has 0 bridgehead atoms. The normalized spacial score (nSPS) is 13.9. The molecule has 0 aromatic heterocycles. The second kappa shape index (κ2) is 10.9. The average Bonchev–Trinajstić information content (AvgIpc) is 2.16. The molecule has 13 heavy (non-hydrogen) atoms. The van der Waals surface area contributed by atoms with Gasteiger partial charge < -0.3 is 15.3 Å². The second-order valence-electron chi connectivity index (χ2n) is 2.03. The van der Waals surface area contributed by atoms with E-state index in [2.05, 4.69) is 25.3 Å². The quantitative estimate of drug-likeness (QED) is 0.285. The molecule has 80 valence electrons. The molecule has 0 rings (SSSR count). The van der Waals surface area contributed by atoms with Crippen molar-refractivity contribution in [1.82, 2.24) is 0 Å². The maximum absolute atomic E-state index is 9.36. The van der Waals surface area contributed by atoms with Gasteiger partial charge in [-0.1, -0.05) is 22.6 Å². The van der Waals surface area contributed by atoms with Gasteiger partial charge in [0.2, 0.25) is 0 Å². The van der Waals surface area contributed by atoms with Crippen LogP contribution in [0.5, 0.6) is 0 Å². The summed E-state index contributed by atoms with van der Waals surface area (Å²) in [4.78, 5) is 9.36. The summed E-state index contributed by atoms with van der Waals surface area (Å²) in [5, 5.41) is 25.2. The molecule has 0 aromatic carbocycles. The number of hydrogen-bond acceptors (Lipinski definition) is 5. The zero-order valence-electron chi connectivity index (χ0n) is 6.80. The molecule has 2 atom stereocenters. The van der Waals surface area contributed by atoms with Gasteiger partial charge in [-0.3, -0.25) is 4.79 Å². The van der Waals surface area contributed by atoms with E-state index in [-0.39, 0.29) is 15.9 Å². The van der Waals surface area contributed by atoms with Crippen LogP contribution in [0.25, 0.3) is 0 Å². The standard InChI is InChI=1S/C4H10O2S2.C2H3IO2/c5-3(1-7)4(6)2-8;3-1-2(4)5/h3-8H,1-2H2;1H2,(H,4,5)/t3-,4-;/m1./s1. The Labute approximate surface area is 102 Å². The number of carbonyl (C=O) groups is 1. The SMILES string of the molecule is O=C(O)CI.O[C@H](CS)[C@H](O)CS. The van der Waals surface area contributed by atoms with Crippen LogP contribution in [0.1, 0.15) is 0 Å². The molecule has 0 amide bonds. The first kappa shape index (κ1) is 16.3. The Hall–Kier alpha value is 0.820. The van der Waals surface area contributed by atoms with Crippen LogP contribution >= 0.6 is 47.8 Å². The van der Waals surface area contributed by atoms with Crippen molar-refractivity contribution in [1.29, 1.82) is 0 Å². The summed E-state index contributed by atoms with van der Waals surface area (Å²) < 4.78 is 0.192. The molecule has 7 heteroatoms. The lowest BCUT2D eigenvalue weighted by Crippen LogP contribution is -2.28. The Bertz CT molecular complexity index is 128. The third-order valence-electron chi connectivity index (χ3n) is 0.933. The molecule has 0 fully saturated rings. The van der Waals surface area contributed by atoms with Crippen molar-refractivity contribution in [2.75, 3.05) is 15.9 Å². The number of carboxylic acid groups (broad SMARTS) is 1. The highest BCUT2D eigenvalue weighted by Gasteiger charge is 2.10. The Morgan fingerprint density at radius 2 is 1.46 bits per heavy atom. The Morgan fingerprint density at radius 3 is 1.54 bits per heavy atom. The molecule has 0 aromatic rings. The second-order valence-corrected chi connectivity index (χ2v) is 3.52. The van der Waals surface area contributed by atoms with Crippen molar-refractivity contribution < 1.29 is 20.1 Å². The predicted octanol–water partition coefficient (Wildman–Crippen LogP) is 0.0738. The Kier molecular flexibility index (Phi) is 13.6. The minimum Gasteiger partial charge on any atom is -0.481 e. The topological polar surface area (TPSA) is 77.8 Å². The van der Waals surface area contributed by atoms with Gasteiger partial charge in [0, 0.05) is 11.5 Å². The van der Waals surface area contributed by atoms with Gasteiger partial charge in [-0.15, -0.1) is 0 Å². The van der Waals surface area contributed by atoms with Crippen LogP contribution in [-0.4, -0.2) is 49.4 Å². The molecule has 3 N–H and O–H groups in total. The lowest BCUT2D eigenvalue weighted by atomic mass is 10.3. The van der Waals surface area contributed by atoms with Crippen LogP contribution in [0.15, 0.2) is 0 Å². The molecule has 4 nitrogen and oxygen atoms in total. The maximum atomic E-state index is 9.36. The van der Waals surface area contributed by atoms with E-state index in [4.69, 9.17) is 15.3 Å². The lowest BCUT2D eigenvalue weighted by Gasteiger charge is -2.11. The summed E-state index contributed by atoms with van der Waals surface area (Å²) in [6.07, 6.45) is -1.48. The predicted molar refractivity (Wildman–Crippen MR) is 66.2 cm³/mol. The van der Waals surface area contributed by atoms with Crippen LogP contribution < -0.4 is 0 Å². The van der Waals surface area contributed by atoms with Crippen LogP contribution in [0.3, 0.4) is 0 Å². The Morgan fingerprint density at radius 1 is 1.23 bits per heavy atom. The summed E-state index contributed by atoms with van der Waals surface area (Å²) in [7, 11) is 0. The summed E-state index contributed by atoms with van der Waals surface area (Å²) in [6.45, 7) is 0. The molecule has 0 saturated heterocycles. The summed E-state index contributed by atoms with van der Waals surface area (Å²) >= 11 is 9.31. The number of carboxylic acids is 1. The van der Waals surface area contributed by atoms with E-state index >= 15 is 0 Å². The van der Waals surface area contributed by atoms with Gasteiger partial charge in [0.05, 0.1) is 16.6 Å². The molecule has 0 aliphatic heterocycles. The molecular formula is C6H13IO4S2. The fourth-order valence-corrected chi connectivity index (χ4v) is 0.730. The average molecular weight is 340 g/mol. The van der Waals surface area contributed by atoms with Crippen molar-refractivity contribution >= 4 is 53.8 Å². The van der Waals surface area contributed by atoms with E-state index in [1.165, 1.54) is 0 Å². The van der Waals surface area contributed by atoms with Crippen molar-refractivity contribution in [3.63, 3.8) is 0 Å². The number of aliphatic hydroxyl groups excluding tert-OH is 2. The van der Waals surface area contributed by atoms with E-state index in [9.17, 15) is 4.79 Å². The molecule has 0 heterocycles. The van der Waals surface area contributed by atoms with Crippen molar-refractivity contribution in [2.45, 2.75) is 12.2 Å². The molecule has 0 aliphatic rings. The van der Waals surface area contributed by atoms with E-state index in [1.54, 1.807) is 22.6 Å². The van der Waals surface area contributed by atoms with Crippen molar-refractivity contribution in [2.24, 2.45) is 0 Å². The fraction of sp³-hybridized carbons (Fsp3) is 0.833. The van der Waals surface area contributed by atoms with Gasteiger partial charge in [-0.05, 0) is 0 Å². The molecule has 0 radical (unpaired) electrons. The molecule has 0 aliphatic carbocycles. The smallest absolute Gasteiger partial charge is 0.313 e. The highest BCUT2D eigenvalue weighted by Crippen LogP contribution is 1.96. The number of halogens is 1. The van der Waals surface area contributed by atoms with Crippen LogP contribution in [-0.2, 0) is 4.79 Å². The number of aliphatic hydroxyl groups is 2. The first-order chi connectivity index (χ1) is 5.99. The van der Waals surface area contributed by atoms with Crippen LogP contribution in [0, 0.1) is 0 Å². The number of hydrogen-bond donors (Lipinski definition) is 5. The minimum absolute atomic E-state index is 0.192. The number of alkyl halides is 1. The summed E-state index contributed by atoms with van der Waals surface area (Å²) in [5.74, 6) is -0.200. The van der Waals surface area contributed by atoms with Gasteiger partial charge in [0.1, 0.15) is 0 Å². The summed E-state index contributed by atoms with van der Waals surface area (Å²) in [5.41, 5.74) is 0. The van der Waals surface area contributed by atoms with E-state index in [1.807, 2.05) is 0 Å². The zero-order chi connectivity index (χ0) is 10.9. The van der Waals surface area contributed by atoms with E-state index in [0.29, 0.717) is 0 Å². The largest absolute Gasteiger partial charge is 0.481 e. The van der Waals surface area contributed by atoms with Gasteiger partial charge in [0.25, 0.3) is 0 Å². The third kappa shape index (κ3) is 12.8. The van der Waals surface area contributed by atoms with E-state index < -0.39 is 18.2 Å². The van der Waals surface area contributed by atoms with Crippen molar-refractivity contribution in [3.8, 4) is 0 Å². The molecule has 0 spiro atoms. The Balaban J connectivity index is 0. The fourth-order valence-electron chi connectivity index (χ4n) is 0.243. The van der Waals surface area contributed by atoms with Crippen LogP contribution in [0.2, 0.25) is 0 Å². The first-order valence-corrected chi connectivity index (χ1v) is 6.14. The van der Waals surface area contributed by atoms with E-state index in [0.717, 1.165) is 0 Å². The number of thiol groups is 2. The summed E-state index contributed by atoms with van der Waals surface area (Å²) in [6, 6.07) is 0. The van der Waals surface area contributed by atoms with Gasteiger partial charge >= 0.3 is 5.97 Å². The lowest BCUT2D eigenvalue weighted by molar-refractivity contribution is -0.133. The van der Waals surface area contributed by atoms with Crippen LogP contribution in [0.4, 0.5) is 0 Å². The number of rotatable bonds is 4. The highest BCUT2D eigenvalue weighted by atomic mass is 127. The van der Waals surface area contributed by atoms with Gasteiger partial charge in [-0.2, -0.15) is 25.3 Å². The zero-order valence-corrected chi connectivity index (χ0v) is 10.7. The van der Waals surface area contributed by atoms with Crippen molar-refractivity contribution in [3.05, 3.63) is 0 Å². The monoisotopic (exact) mass is 340 g/mol.